The van der Waals surface area contributed by atoms with E-state index in [0.717, 1.165) is 30.4 Å². The fourth-order valence-electron chi connectivity index (χ4n) is 2.17. The number of fused-ring (bicyclic) bond motifs is 1. The number of aryl methyl sites for hydroxylation is 1. The van der Waals surface area contributed by atoms with E-state index in [0.29, 0.717) is 12.1 Å². The molecule has 0 N–H and O–H groups in total. The largest absolute Gasteiger partial charge is 0.443 e. The fraction of sp³-hybridized carbons (Fsp3) is 0.467. The van der Waals surface area contributed by atoms with E-state index in [9.17, 15) is 9.59 Å². The van der Waals surface area contributed by atoms with Crippen LogP contribution in [0.15, 0.2) is 18.2 Å². The van der Waals surface area contributed by atoms with E-state index in [1.807, 2.05) is 26.8 Å². The highest BCUT2D eigenvalue weighted by atomic mass is 16.6. The van der Waals surface area contributed by atoms with E-state index >= 15 is 0 Å². The Bertz CT molecular complexity index is 503. The summed E-state index contributed by atoms with van der Waals surface area (Å²) in [6.07, 6.45) is 2.28. The third kappa shape index (κ3) is 3.13. The zero-order chi connectivity index (χ0) is 14.0. The lowest BCUT2D eigenvalue weighted by Crippen LogP contribution is -2.39. The van der Waals surface area contributed by atoms with Gasteiger partial charge in [0.15, 0.2) is 0 Å². The highest BCUT2D eigenvalue weighted by molar-refractivity contribution is 5.91. The Morgan fingerprint density at radius 2 is 2.11 bits per heavy atom. The van der Waals surface area contributed by atoms with Crippen LogP contribution in [-0.2, 0) is 11.2 Å². The predicted octanol–water partition coefficient (Wildman–Crippen LogP) is 3.19. The van der Waals surface area contributed by atoms with Crippen molar-refractivity contribution in [2.45, 2.75) is 39.2 Å². The van der Waals surface area contributed by atoms with Gasteiger partial charge in [-0.05, 0) is 45.2 Å². The molecule has 0 saturated carbocycles. The summed E-state index contributed by atoms with van der Waals surface area (Å²) in [6.45, 7) is 6.16. The monoisotopic (exact) mass is 261 g/mol. The second-order valence-corrected chi connectivity index (χ2v) is 5.74. The molecule has 0 aromatic heterocycles. The van der Waals surface area contributed by atoms with Crippen LogP contribution in [0.1, 0.15) is 43.1 Å². The van der Waals surface area contributed by atoms with Crippen LogP contribution in [0.2, 0.25) is 0 Å². The molecule has 4 nitrogen and oxygen atoms in total. The number of hydrogen-bond donors (Lipinski definition) is 0. The van der Waals surface area contributed by atoms with Gasteiger partial charge in [-0.3, -0.25) is 9.69 Å². The highest BCUT2D eigenvalue weighted by Crippen LogP contribution is 2.29. The zero-order valence-corrected chi connectivity index (χ0v) is 11.6. The summed E-state index contributed by atoms with van der Waals surface area (Å²) in [7, 11) is 0. The predicted molar refractivity (Wildman–Crippen MR) is 73.7 cm³/mol. The lowest BCUT2D eigenvalue weighted by molar-refractivity contribution is 0.0577. The number of carbonyl (C=O) groups excluding carboxylic acids is 2. The number of anilines is 1. The van der Waals surface area contributed by atoms with Gasteiger partial charge in [-0.15, -0.1) is 0 Å². The van der Waals surface area contributed by atoms with Gasteiger partial charge in [-0.1, -0.05) is 12.1 Å². The van der Waals surface area contributed by atoms with E-state index in [1.54, 1.807) is 17.0 Å². The molecule has 0 radical (unpaired) electrons. The molecule has 1 heterocycles. The van der Waals surface area contributed by atoms with E-state index < -0.39 is 5.60 Å². The summed E-state index contributed by atoms with van der Waals surface area (Å²) >= 11 is 0. The number of amides is 1. The number of ether oxygens (including phenoxy) is 1. The van der Waals surface area contributed by atoms with Crippen molar-refractivity contribution in [2.24, 2.45) is 0 Å². The Balaban J connectivity index is 2.30. The molecule has 0 spiro atoms. The van der Waals surface area contributed by atoms with Crippen LogP contribution in [0.5, 0.6) is 0 Å². The Morgan fingerprint density at radius 3 is 2.74 bits per heavy atom. The van der Waals surface area contributed by atoms with Crippen LogP contribution in [0.25, 0.3) is 0 Å². The molecular weight excluding hydrogens is 242 g/mol. The molecule has 0 bridgehead atoms. The first kappa shape index (κ1) is 13.6. The van der Waals surface area contributed by atoms with Crippen LogP contribution >= 0.6 is 0 Å². The number of benzene rings is 1. The van der Waals surface area contributed by atoms with Crippen molar-refractivity contribution in [1.29, 1.82) is 0 Å². The summed E-state index contributed by atoms with van der Waals surface area (Å²) in [5.41, 5.74) is 1.94. The molecule has 4 heteroatoms. The molecule has 2 rings (SSSR count). The van der Waals surface area contributed by atoms with Crippen molar-refractivity contribution in [2.75, 3.05) is 11.4 Å². The van der Waals surface area contributed by atoms with Crippen LogP contribution in [0.3, 0.4) is 0 Å². The summed E-state index contributed by atoms with van der Waals surface area (Å²) in [5.74, 6) is 0. The van der Waals surface area contributed by atoms with E-state index in [1.165, 1.54) is 0 Å². The lowest BCUT2D eigenvalue weighted by Gasteiger charge is -2.31. The van der Waals surface area contributed by atoms with Gasteiger partial charge in [-0.25, -0.2) is 4.79 Å². The second-order valence-electron chi connectivity index (χ2n) is 5.74. The topological polar surface area (TPSA) is 46.6 Å². The quantitative estimate of drug-likeness (QED) is 0.729. The van der Waals surface area contributed by atoms with Gasteiger partial charge in [0.1, 0.15) is 11.9 Å². The number of carbonyl (C=O) groups is 2. The molecule has 1 amide bonds. The van der Waals surface area contributed by atoms with Crippen LogP contribution in [0, 0.1) is 0 Å². The molecule has 0 aliphatic carbocycles. The minimum Gasteiger partial charge on any atom is -0.443 e. The molecule has 102 valence electrons. The first-order chi connectivity index (χ1) is 8.90. The Hall–Kier alpha value is -1.84. The summed E-state index contributed by atoms with van der Waals surface area (Å²) < 4.78 is 5.41. The molecule has 1 aliphatic heterocycles. The third-order valence-corrected chi connectivity index (χ3v) is 2.98. The molecule has 1 aliphatic rings. The molecule has 1 aromatic rings. The fourth-order valence-corrected chi connectivity index (χ4v) is 2.17. The first-order valence-corrected chi connectivity index (χ1v) is 6.49. The number of rotatable bonds is 1. The standard InChI is InChI=1S/C15H19NO3/c1-15(2,3)19-14(18)16-8-4-5-12-7-6-11(10-17)9-13(12)16/h6-7,9-10H,4-5,8H2,1-3H3. The van der Waals surface area contributed by atoms with Crippen LogP contribution < -0.4 is 4.90 Å². The molecule has 0 fully saturated rings. The maximum Gasteiger partial charge on any atom is 0.414 e. The van der Waals surface area contributed by atoms with E-state index in [2.05, 4.69) is 0 Å². The number of nitrogens with zero attached hydrogens (tertiary/aromatic N) is 1. The van der Waals surface area contributed by atoms with Crippen molar-refractivity contribution < 1.29 is 14.3 Å². The lowest BCUT2D eigenvalue weighted by atomic mass is 10.0. The van der Waals surface area contributed by atoms with Crippen molar-refractivity contribution in [1.82, 2.24) is 0 Å². The Kier molecular flexibility index (Phi) is 3.60. The maximum atomic E-state index is 12.2. The molecule has 1 aromatic carbocycles. The van der Waals surface area contributed by atoms with Crippen molar-refractivity contribution in [3.05, 3.63) is 29.3 Å². The van der Waals surface area contributed by atoms with Crippen molar-refractivity contribution in [3.8, 4) is 0 Å². The first-order valence-electron chi connectivity index (χ1n) is 6.49. The van der Waals surface area contributed by atoms with Gasteiger partial charge < -0.3 is 4.74 Å². The molecule has 0 atom stereocenters. The number of hydrogen-bond acceptors (Lipinski definition) is 3. The van der Waals surface area contributed by atoms with Crippen LogP contribution in [-0.4, -0.2) is 24.5 Å². The zero-order valence-electron chi connectivity index (χ0n) is 11.6. The van der Waals surface area contributed by atoms with Crippen molar-refractivity contribution >= 4 is 18.1 Å². The van der Waals surface area contributed by atoms with Crippen molar-refractivity contribution in [3.63, 3.8) is 0 Å². The average molecular weight is 261 g/mol. The normalized spacial score (nSPS) is 14.8. The summed E-state index contributed by atoms with van der Waals surface area (Å²) in [5, 5.41) is 0. The summed E-state index contributed by atoms with van der Waals surface area (Å²) in [4.78, 5) is 24.7. The van der Waals surface area contributed by atoms with Gasteiger partial charge in [0.2, 0.25) is 0 Å². The minimum absolute atomic E-state index is 0.350. The molecule has 0 unspecified atom stereocenters. The average Bonchev–Trinajstić information content (AvgIpc) is 2.35. The van der Waals surface area contributed by atoms with Gasteiger partial charge >= 0.3 is 6.09 Å². The molecule has 19 heavy (non-hydrogen) atoms. The van der Waals surface area contributed by atoms with Crippen LogP contribution in [0.4, 0.5) is 10.5 Å². The molecule has 0 saturated heterocycles. The SMILES string of the molecule is CC(C)(C)OC(=O)N1CCCc2ccc(C=O)cc21. The Labute approximate surface area is 113 Å². The maximum absolute atomic E-state index is 12.2. The molecular formula is C15H19NO3. The second kappa shape index (κ2) is 5.03. The van der Waals surface area contributed by atoms with Gasteiger partial charge in [-0.2, -0.15) is 0 Å². The van der Waals surface area contributed by atoms with Gasteiger partial charge in [0.25, 0.3) is 0 Å². The summed E-state index contributed by atoms with van der Waals surface area (Å²) in [6, 6.07) is 5.45. The minimum atomic E-state index is -0.517. The number of aldehydes is 1. The van der Waals surface area contributed by atoms with Gasteiger partial charge in [0.05, 0.1) is 5.69 Å². The van der Waals surface area contributed by atoms with E-state index in [4.69, 9.17) is 4.74 Å². The Morgan fingerprint density at radius 1 is 1.37 bits per heavy atom. The third-order valence-electron chi connectivity index (χ3n) is 2.98. The van der Waals surface area contributed by atoms with E-state index in [-0.39, 0.29) is 6.09 Å². The van der Waals surface area contributed by atoms with Gasteiger partial charge in [0, 0.05) is 12.1 Å². The smallest absolute Gasteiger partial charge is 0.414 e. The highest BCUT2D eigenvalue weighted by Gasteiger charge is 2.27.